The highest BCUT2D eigenvalue weighted by atomic mass is 16.7. The topological polar surface area (TPSA) is 564 Å². The molecular weight excluding hydrogens is 1090 g/mol. The van der Waals surface area contributed by atoms with E-state index < -0.39 is 220 Å². The first-order valence-electron chi connectivity index (χ1n) is 25.5. The second kappa shape index (κ2) is 33.8. The number of ether oxygens (including phenoxy) is 4. The molecule has 2 aliphatic rings. The summed E-state index contributed by atoms with van der Waals surface area (Å²) in [6.07, 6.45) is -17.0. The van der Waals surface area contributed by atoms with Crippen molar-refractivity contribution in [2.24, 2.45) is 11.5 Å². The van der Waals surface area contributed by atoms with Crippen LogP contribution in [0.2, 0.25) is 0 Å². The van der Waals surface area contributed by atoms with E-state index in [0.29, 0.717) is 0 Å². The molecule has 2 saturated heterocycles. The van der Waals surface area contributed by atoms with Crippen LogP contribution in [-0.4, -0.2) is 248 Å². The standard InChI is InChI=1S/C46H77N11O24/c1-17(38(69)52-19(3)44(75)76)51-43(74)25(9-7-8-12-49-42(73)26(14-58)57-41(72)23(47)13-30(64)65)55-29(63)11-10-24(37(48)68)56-39(70)18(2)50-40(71)20(4)78-36-32(54-22(6)62)45(77)79-28(16-60)35(36)81-46-31(53-21(5)61)34(67)33(66)27(15-59)80-46/h17-20,23-28,31-36,45-46,58-60,66-67,77H,7-16,47H2,1-6H3,(H2,48,68)(H,49,73)(H,50,71)(H,51,74)(H,52,69)(H,53,61)(H,54,62)(H,55,63)(H,56,70)(H,57,72)(H,64,65)(H,75,76). The average molecular weight is 1170 g/mol. The minimum atomic E-state index is -1.93. The molecule has 2 rings (SSSR count). The molecule has 0 bridgehead atoms. The Bertz CT molecular complexity index is 2210. The Morgan fingerprint density at radius 1 is 0.593 bits per heavy atom. The van der Waals surface area contributed by atoms with Crippen molar-refractivity contribution in [1.29, 1.82) is 0 Å². The van der Waals surface area contributed by atoms with Gasteiger partial charge in [0, 0.05) is 26.8 Å². The zero-order chi connectivity index (χ0) is 61.6. The summed E-state index contributed by atoms with van der Waals surface area (Å²) >= 11 is 0. The van der Waals surface area contributed by atoms with Gasteiger partial charge in [0.05, 0.1) is 32.3 Å². The van der Waals surface area contributed by atoms with E-state index in [9.17, 15) is 93.3 Å². The van der Waals surface area contributed by atoms with E-state index in [1.54, 1.807) is 0 Å². The van der Waals surface area contributed by atoms with E-state index in [-0.39, 0.29) is 25.8 Å². The largest absolute Gasteiger partial charge is 0.481 e. The number of rotatable bonds is 33. The van der Waals surface area contributed by atoms with Gasteiger partial charge in [-0.05, 0) is 53.4 Å². The fourth-order valence-corrected chi connectivity index (χ4v) is 7.95. The molecule has 0 aromatic rings. The maximum atomic E-state index is 13.6. The normalized spacial score (nSPS) is 25.4. The number of carboxylic acid groups (broad SMARTS) is 2. The minimum Gasteiger partial charge on any atom is -0.481 e. The van der Waals surface area contributed by atoms with Crippen LogP contribution in [0.1, 0.15) is 80.1 Å². The number of hydrogen-bond donors (Lipinski definition) is 19. The van der Waals surface area contributed by atoms with Crippen LogP contribution in [-0.2, 0) is 76.5 Å². The summed E-state index contributed by atoms with van der Waals surface area (Å²) in [5, 5.41) is 101. The predicted molar refractivity (Wildman–Crippen MR) is 269 cm³/mol. The number of aliphatic carboxylic acids is 2. The van der Waals surface area contributed by atoms with Crippen LogP contribution in [0.25, 0.3) is 0 Å². The van der Waals surface area contributed by atoms with Crippen molar-refractivity contribution in [3.8, 4) is 0 Å². The number of carbonyl (C=O) groups excluding carboxylic acids is 10. The Balaban J connectivity index is 2.21. The number of aliphatic hydroxyl groups excluding tert-OH is 6. The van der Waals surface area contributed by atoms with Gasteiger partial charge < -0.3 is 119 Å². The van der Waals surface area contributed by atoms with Crippen LogP contribution in [0.15, 0.2) is 0 Å². The van der Waals surface area contributed by atoms with Gasteiger partial charge in [0.1, 0.15) is 91.1 Å². The second-order valence-corrected chi connectivity index (χ2v) is 19.1. The van der Waals surface area contributed by atoms with E-state index in [1.165, 1.54) is 27.7 Å². The molecule has 0 aromatic heterocycles. The Labute approximate surface area is 463 Å². The highest BCUT2D eigenvalue weighted by Crippen LogP contribution is 2.31. The number of carboxylic acids is 2. The molecule has 0 radical (unpaired) electrons. The van der Waals surface area contributed by atoms with Gasteiger partial charge in [-0.2, -0.15) is 0 Å². The van der Waals surface area contributed by atoms with E-state index in [1.807, 2.05) is 0 Å². The third kappa shape index (κ3) is 22.6. The maximum Gasteiger partial charge on any atom is 0.325 e. The number of amides is 10. The van der Waals surface area contributed by atoms with E-state index >= 15 is 0 Å². The highest BCUT2D eigenvalue weighted by Gasteiger charge is 2.53. The van der Waals surface area contributed by atoms with Crippen LogP contribution < -0.4 is 59.3 Å². The lowest BCUT2D eigenvalue weighted by Gasteiger charge is -2.48. The smallest absolute Gasteiger partial charge is 0.325 e. The minimum absolute atomic E-state index is 0.0744. The zero-order valence-electron chi connectivity index (χ0n) is 45.2. The first-order valence-corrected chi connectivity index (χ1v) is 25.5. The van der Waals surface area contributed by atoms with Crippen molar-refractivity contribution in [1.82, 2.24) is 47.9 Å². The van der Waals surface area contributed by atoms with E-state index in [0.717, 1.165) is 13.8 Å². The third-order valence-corrected chi connectivity index (χ3v) is 12.5. The lowest BCUT2D eigenvalue weighted by atomic mass is 9.94. The van der Waals surface area contributed by atoms with Gasteiger partial charge in [0.15, 0.2) is 12.6 Å². The number of hydrogen-bond acceptors (Lipinski definition) is 23. The molecule has 0 aromatic carbocycles. The van der Waals surface area contributed by atoms with Crippen LogP contribution in [0.4, 0.5) is 0 Å². The molecule has 460 valence electrons. The third-order valence-electron chi connectivity index (χ3n) is 12.5. The summed E-state index contributed by atoms with van der Waals surface area (Å²) in [4.78, 5) is 150. The first-order chi connectivity index (χ1) is 37.9. The Kier molecular flexibility index (Phi) is 29.4. The van der Waals surface area contributed by atoms with Gasteiger partial charge in [-0.25, -0.2) is 0 Å². The summed E-state index contributed by atoms with van der Waals surface area (Å²) < 4.78 is 23.2. The quantitative estimate of drug-likeness (QED) is 0.0271. The van der Waals surface area contributed by atoms with Crippen LogP contribution >= 0.6 is 0 Å². The first kappa shape index (κ1) is 70.3. The molecule has 0 saturated carbocycles. The zero-order valence-corrected chi connectivity index (χ0v) is 45.2. The molecule has 10 amide bonds. The molecule has 0 aliphatic carbocycles. The number of primary amides is 1. The van der Waals surface area contributed by atoms with Crippen LogP contribution in [0.3, 0.4) is 0 Å². The molecule has 2 aliphatic heterocycles. The molecular formula is C46H77N11O24. The van der Waals surface area contributed by atoms with Crippen LogP contribution in [0, 0.1) is 0 Å². The molecule has 18 unspecified atom stereocenters. The molecule has 35 heteroatoms. The van der Waals surface area contributed by atoms with Gasteiger partial charge in [-0.15, -0.1) is 0 Å². The van der Waals surface area contributed by atoms with Gasteiger partial charge in [0.25, 0.3) is 0 Å². The monoisotopic (exact) mass is 1170 g/mol. The molecule has 21 N–H and O–H groups in total. The average Bonchev–Trinajstić information content (AvgIpc) is 3.55. The number of aliphatic hydroxyl groups is 6. The predicted octanol–water partition coefficient (Wildman–Crippen LogP) is -10.3. The van der Waals surface area contributed by atoms with Crippen molar-refractivity contribution in [2.45, 2.75) is 190 Å². The molecule has 35 nitrogen and oxygen atoms in total. The summed E-state index contributed by atoms with van der Waals surface area (Å²) in [5.74, 6) is -12.1. The van der Waals surface area contributed by atoms with Gasteiger partial charge in [-0.3, -0.25) is 57.5 Å². The van der Waals surface area contributed by atoms with Gasteiger partial charge in [0.2, 0.25) is 59.1 Å². The Morgan fingerprint density at radius 3 is 1.69 bits per heavy atom. The number of carbonyl (C=O) groups is 12. The van der Waals surface area contributed by atoms with Crippen molar-refractivity contribution >= 4 is 71.0 Å². The lowest BCUT2D eigenvalue weighted by molar-refractivity contribution is -0.333. The fourth-order valence-electron chi connectivity index (χ4n) is 7.95. The molecule has 0 spiro atoms. The van der Waals surface area contributed by atoms with Gasteiger partial charge in [-0.1, -0.05) is 0 Å². The van der Waals surface area contributed by atoms with Crippen molar-refractivity contribution in [3.63, 3.8) is 0 Å². The fraction of sp³-hybridized carbons (Fsp3) is 0.739. The Hall–Kier alpha value is -6.80. The number of nitrogens with two attached hydrogens (primary N) is 2. The molecule has 2 fully saturated rings. The summed E-state index contributed by atoms with van der Waals surface area (Å²) in [7, 11) is 0. The molecule has 2 heterocycles. The van der Waals surface area contributed by atoms with E-state index in [2.05, 4.69) is 47.9 Å². The molecule has 18 atom stereocenters. The van der Waals surface area contributed by atoms with Crippen molar-refractivity contribution in [3.05, 3.63) is 0 Å². The van der Waals surface area contributed by atoms with Crippen molar-refractivity contribution < 1.29 is 117 Å². The number of nitrogens with one attached hydrogen (secondary N) is 9. The SMILES string of the molecule is CC(=O)NC1C(OC2C(CO)OC(O)C(NC(C)=O)C2OC(C)C(=O)NC(C)C(=O)NC(CCC(=O)NC(CCCCNC(=O)C(CO)NC(=O)C(N)CC(=O)O)C(=O)NC(C)C(=O)NC(C)C(=O)O)C(N)=O)OC(CO)C(O)C1O. The summed E-state index contributed by atoms with van der Waals surface area (Å²) in [5.41, 5.74) is 11.0. The van der Waals surface area contributed by atoms with Crippen LogP contribution in [0.5, 0.6) is 0 Å². The highest BCUT2D eigenvalue weighted by molar-refractivity contribution is 5.95. The maximum absolute atomic E-state index is 13.6. The van der Waals surface area contributed by atoms with Crippen molar-refractivity contribution in [2.75, 3.05) is 26.4 Å². The summed E-state index contributed by atoms with van der Waals surface area (Å²) in [6.45, 7) is 4.13. The lowest BCUT2D eigenvalue weighted by Crippen LogP contribution is -2.70. The molecule has 81 heavy (non-hydrogen) atoms. The van der Waals surface area contributed by atoms with Gasteiger partial charge >= 0.3 is 11.9 Å². The Morgan fingerprint density at radius 2 is 1.15 bits per heavy atom. The summed E-state index contributed by atoms with van der Waals surface area (Å²) in [6, 6.07) is -13.3. The van der Waals surface area contributed by atoms with E-state index in [4.69, 9.17) is 35.5 Å². The number of unbranched alkanes of at least 4 members (excludes halogenated alkanes) is 1. The second-order valence-electron chi connectivity index (χ2n) is 19.1.